The van der Waals surface area contributed by atoms with Crippen molar-refractivity contribution in [1.29, 1.82) is 0 Å². The average molecular weight is 694 g/mol. The normalized spacial score (nSPS) is 13.5. The molecule has 3 unspecified atom stereocenters. The predicted molar refractivity (Wildman–Crippen MR) is 209 cm³/mol. The minimum atomic E-state index is -0.779. The maximum Gasteiger partial charge on any atom is 0.306 e. The topological polar surface area (TPSA) is 95.9 Å². The molecule has 0 spiro atoms. The van der Waals surface area contributed by atoms with Crippen molar-refractivity contribution >= 4 is 11.9 Å². The van der Waals surface area contributed by atoms with Crippen molar-refractivity contribution in [3.05, 3.63) is 12.2 Å². The summed E-state index contributed by atoms with van der Waals surface area (Å²) in [4.78, 5) is 25.8. The lowest BCUT2D eigenvalue weighted by molar-refractivity contribution is -0.151. The molecule has 290 valence electrons. The van der Waals surface area contributed by atoms with Crippen LogP contribution in [0.3, 0.4) is 0 Å². The fourth-order valence-corrected chi connectivity index (χ4v) is 6.53. The molecule has 0 aromatic heterocycles. The van der Waals surface area contributed by atoms with Gasteiger partial charge in [0.1, 0.15) is 6.10 Å². The van der Waals surface area contributed by atoms with Gasteiger partial charge in [0.15, 0.2) is 0 Å². The molecule has 0 aliphatic carbocycles. The van der Waals surface area contributed by atoms with Gasteiger partial charge in [-0.2, -0.15) is 0 Å². The van der Waals surface area contributed by atoms with Crippen LogP contribution in [0.5, 0.6) is 0 Å². The van der Waals surface area contributed by atoms with Gasteiger partial charge in [-0.15, -0.1) is 0 Å². The van der Waals surface area contributed by atoms with Crippen molar-refractivity contribution in [1.82, 2.24) is 5.32 Å². The number of nitrogens with one attached hydrogen (secondary N) is 1. The lowest BCUT2D eigenvalue weighted by Crippen LogP contribution is -2.46. The second kappa shape index (κ2) is 37.8. The standard InChI is InChI=1S/C43H83NO5/c1-4-7-10-13-16-19-21-24-27-30-33-36-43(48)49-39(34-31-28-25-23-20-17-14-11-8-5-2)37-42(47)44-40(38-45)41(46)35-32-29-26-22-18-15-12-9-6-3/h13,16,39-41,45-46H,4-12,14-15,17-38H2,1-3H3,(H,44,47)/b16-13-. The molecule has 3 N–H and O–H groups in total. The Hall–Kier alpha value is -1.40. The Morgan fingerprint density at radius 3 is 1.51 bits per heavy atom. The number of hydrogen-bond acceptors (Lipinski definition) is 5. The highest BCUT2D eigenvalue weighted by Crippen LogP contribution is 2.17. The van der Waals surface area contributed by atoms with Crippen molar-refractivity contribution in [2.24, 2.45) is 0 Å². The van der Waals surface area contributed by atoms with Crippen molar-refractivity contribution in [2.75, 3.05) is 6.61 Å². The van der Waals surface area contributed by atoms with Gasteiger partial charge in [-0.25, -0.2) is 0 Å². The number of allylic oxidation sites excluding steroid dienone is 2. The Bertz CT molecular complexity index is 742. The van der Waals surface area contributed by atoms with Crippen molar-refractivity contribution in [3.63, 3.8) is 0 Å². The summed E-state index contributed by atoms with van der Waals surface area (Å²) in [5.41, 5.74) is 0. The molecule has 0 aromatic rings. The first-order valence-corrected chi connectivity index (χ1v) is 21.4. The maximum atomic E-state index is 13.0. The smallest absolute Gasteiger partial charge is 0.306 e. The van der Waals surface area contributed by atoms with Crippen LogP contribution in [-0.2, 0) is 14.3 Å². The molecule has 0 saturated heterocycles. The van der Waals surface area contributed by atoms with Crippen LogP contribution in [0, 0.1) is 0 Å². The van der Waals surface area contributed by atoms with Gasteiger partial charge in [-0.05, 0) is 44.9 Å². The summed E-state index contributed by atoms with van der Waals surface area (Å²) in [6, 6.07) is -0.693. The summed E-state index contributed by atoms with van der Waals surface area (Å²) >= 11 is 0. The van der Waals surface area contributed by atoms with E-state index in [9.17, 15) is 19.8 Å². The Kier molecular flexibility index (Phi) is 36.8. The first-order chi connectivity index (χ1) is 24.0. The molecule has 6 heteroatoms. The van der Waals surface area contributed by atoms with Crippen molar-refractivity contribution in [3.8, 4) is 0 Å². The molecule has 0 heterocycles. The molecule has 0 fully saturated rings. The molecular weight excluding hydrogens is 610 g/mol. The van der Waals surface area contributed by atoms with E-state index in [4.69, 9.17) is 4.74 Å². The Balaban J connectivity index is 4.58. The van der Waals surface area contributed by atoms with Gasteiger partial charge in [0.2, 0.25) is 5.91 Å². The van der Waals surface area contributed by atoms with Crippen LogP contribution in [-0.4, -0.2) is 46.9 Å². The molecular formula is C43H83NO5. The highest BCUT2D eigenvalue weighted by molar-refractivity contribution is 5.77. The van der Waals surface area contributed by atoms with E-state index in [0.717, 1.165) is 57.8 Å². The second-order valence-corrected chi connectivity index (χ2v) is 14.7. The SMILES string of the molecule is CCCC/C=C\CCCCCCCC(=O)OC(CCCCCCCCCCCC)CC(=O)NC(CO)C(O)CCCCCCCCCCC. The van der Waals surface area contributed by atoms with Crippen LogP contribution in [0.15, 0.2) is 12.2 Å². The van der Waals surface area contributed by atoms with Crippen molar-refractivity contribution in [2.45, 2.75) is 244 Å². The minimum Gasteiger partial charge on any atom is -0.462 e. The average Bonchev–Trinajstić information content (AvgIpc) is 3.09. The summed E-state index contributed by atoms with van der Waals surface area (Å²) in [7, 11) is 0. The van der Waals surface area contributed by atoms with Gasteiger partial charge in [-0.3, -0.25) is 9.59 Å². The molecule has 0 rings (SSSR count). The van der Waals surface area contributed by atoms with E-state index in [-0.39, 0.29) is 24.9 Å². The minimum absolute atomic E-state index is 0.0796. The second-order valence-electron chi connectivity index (χ2n) is 14.7. The summed E-state index contributed by atoms with van der Waals surface area (Å²) in [5.74, 6) is -0.480. The number of aliphatic hydroxyl groups is 2. The van der Waals surface area contributed by atoms with Crippen LogP contribution in [0.4, 0.5) is 0 Å². The van der Waals surface area contributed by atoms with Gasteiger partial charge in [0.05, 0.1) is 25.2 Å². The zero-order chi connectivity index (χ0) is 36.0. The van der Waals surface area contributed by atoms with E-state index in [1.54, 1.807) is 0 Å². The number of rotatable bonds is 38. The fraction of sp³-hybridized carbons (Fsp3) is 0.907. The lowest BCUT2D eigenvalue weighted by atomic mass is 10.0. The summed E-state index contributed by atoms with van der Waals surface area (Å²) in [6.07, 6.45) is 38.4. The quantitative estimate of drug-likeness (QED) is 0.0340. The monoisotopic (exact) mass is 694 g/mol. The van der Waals surface area contributed by atoms with E-state index in [1.807, 2.05) is 0 Å². The molecule has 0 aliphatic heterocycles. The number of carbonyl (C=O) groups excluding carboxylic acids is 2. The predicted octanol–water partition coefficient (Wildman–Crippen LogP) is 11.8. The van der Waals surface area contributed by atoms with Gasteiger partial charge in [0.25, 0.3) is 0 Å². The number of unbranched alkanes of at least 4 members (excludes halogenated alkanes) is 24. The number of esters is 1. The first kappa shape index (κ1) is 47.6. The van der Waals surface area contributed by atoms with Crippen LogP contribution in [0.25, 0.3) is 0 Å². The van der Waals surface area contributed by atoms with Gasteiger partial charge in [0, 0.05) is 6.42 Å². The van der Waals surface area contributed by atoms with E-state index in [0.29, 0.717) is 19.3 Å². The zero-order valence-corrected chi connectivity index (χ0v) is 32.8. The highest BCUT2D eigenvalue weighted by atomic mass is 16.5. The molecule has 49 heavy (non-hydrogen) atoms. The third kappa shape index (κ3) is 33.5. The van der Waals surface area contributed by atoms with E-state index >= 15 is 0 Å². The molecule has 0 aromatic carbocycles. The van der Waals surface area contributed by atoms with E-state index in [1.165, 1.54) is 122 Å². The molecule has 1 amide bonds. The molecule has 0 radical (unpaired) electrons. The number of amides is 1. The third-order valence-electron chi connectivity index (χ3n) is 9.84. The number of carbonyl (C=O) groups is 2. The number of aliphatic hydroxyl groups excluding tert-OH is 2. The van der Waals surface area contributed by atoms with Crippen LogP contribution in [0.2, 0.25) is 0 Å². The molecule has 6 nitrogen and oxygen atoms in total. The van der Waals surface area contributed by atoms with Crippen LogP contribution in [0.1, 0.15) is 226 Å². The largest absolute Gasteiger partial charge is 0.462 e. The maximum absolute atomic E-state index is 13.0. The molecule has 0 saturated carbocycles. The van der Waals surface area contributed by atoms with Crippen molar-refractivity contribution < 1.29 is 24.5 Å². The van der Waals surface area contributed by atoms with Crippen LogP contribution >= 0.6 is 0 Å². The first-order valence-electron chi connectivity index (χ1n) is 21.4. The van der Waals surface area contributed by atoms with Crippen LogP contribution < -0.4 is 5.32 Å². The lowest BCUT2D eigenvalue weighted by Gasteiger charge is -2.24. The summed E-state index contributed by atoms with van der Waals surface area (Å²) in [5, 5.41) is 23.5. The number of hydrogen-bond donors (Lipinski definition) is 3. The Labute approximate surface area is 304 Å². The van der Waals surface area contributed by atoms with Gasteiger partial charge < -0.3 is 20.3 Å². The van der Waals surface area contributed by atoms with E-state index < -0.39 is 18.2 Å². The zero-order valence-electron chi connectivity index (χ0n) is 32.8. The molecule has 0 aliphatic rings. The number of ether oxygens (including phenoxy) is 1. The van der Waals surface area contributed by atoms with Gasteiger partial charge >= 0.3 is 5.97 Å². The van der Waals surface area contributed by atoms with E-state index in [2.05, 4.69) is 38.2 Å². The molecule has 0 bridgehead atoms. The highest BCUT2D eigenvalue weighted by Gasteiger charge is 2.24. The third-order valence-corrected chi connectivity index (χ3v) is 9.84. The summed E-state index contributed by atoms with van der Waals surface area (Å²) < 4.78 is 5.87. The Morgan fingerprint density at radius 2 is 1.00 bits per heavy atom. The van der Waals surface area contributed by atoms with Gasteiger partial charge in [-0.1, -0.05) is 181 Å². The molecule has 3 atom stereocenters. The Morgan fingerprint density at radius 1 is 0.571 bits per heavy atom. The summed E-state index contributed by atoms with van der Waals surface area (Å²) in [6.45, 7) is 6.40. The fourth-order valence-electron chi connectivity index (χ4n) is 6.53.